The van der Waals surface area contributed by atoms with Gasteiger partial charge in [-0.25, -0.2) is 0 Å². The minimum Gasteiger partial charge on any atom is -0.137 e. The van der Waals surface area contributed by atoms with Crippen LogP contribution >= 0.6 is 9.24 Å². The summed E-state index contributed by atoms with van der Waals surface area (Å²) in [6.07, 6.45) is 3.81. The summed E-state index contributed by atoms with van der Waals surface area (Å²) in [5.74, 6) is 1.53. The Kier molecular flexibility index (Phi) is 5.32. The molecule has 0 bridgehead atoms. The van der Waals surface area contributed by atoms with Crippen LogP contribution in [0, 0.1) is 12.8 Å². The van der Waals surface area contributed by atoms with Gasteiger partial charge in [0.2, 0.25) is 0 Å². The van der Waals surface area contributed by atoms with Gasteiger partial charge in [0.25, 0.3) is 0 Å². The second-order valence-corrected chi connectivity index (χ2v) is 5.29. The Morgan fingerprint density at radius 2 is 1.67 bits per heavy atom. The minimum absolute atomic E-state index is 0.720. The van der Waals surface area contributed by atoms with Gasteiger partial charge in [0, 0.05) is 0 Å². The minimum atomic E-state index is 0.720. The summed E-state index contributed by atoms with van der Waals surface area (Å²) in [7, 11) is 2.89. The van der Waals surface area contributed by atoms with Crippen LogP contribution in [0.2, 0.25) is 0 Å². The molecule has 0 spiro atoms. The molecule has 0 aromatic heterocycles. The Balaban J connectivity index is 2.61. The predicted molar refractivity (Wildman–Crippen MR) is 72.6 cm³/mol. The molecule has 0 aliphatic rings. The lowest BCUT2D eigenvalue weighted by molar-refractivity contribution is 0.520. The molecule has 1 aromatic carbocycles. The molecule has 0 nitrogen and oxygen atoms in total. The molecule has 2 atom stereocenters. The molecule has 0 aliphatic carbocycles. The Labute approximate surface area is 96.7 Å². The molecule has 0 saturated carbocycles. The van der Waals surface area contributed by atoms with Crippen molar-refractivity contribution in [2.24, 2.45) is 5.92 Å². The maximum Gasteiger partial charge on any atom is -0.0127 e. The molecule has 0 heterocycles. The Morgan fingerprint density at radius 1 is 1.07 bits per heavy atom. The second kappa shape index (κ2) is 6.28. The van der Waals surface area contributed by atoms with Gasteiger partial charge in [0.05, 0.1) is 0 Å². The van der Waals surface area contributed by atoms with Crippen molar-refractivity contribution in [2.75, 3.05) is 6.16 Å². The van der Waals surface area contributed by atoms with Crippen molar-refractivity contribution in [3.05, 3.63) is 35.4 Å². The van der Waals surface area contributed by atoms with Crippen molar-refractivity contribution in [3.8, 4) is 0 Å². The smallest absolute Gasteiger partial charge is 0.0127 e. The van der Waals surface area contributed by atoms with Crippen molar-refractivity contribution in [1.82, 2.24) is 0 Å². The molecule has 0 radical (unpaired) electrons. The molecule has 0 aliphatic heterocycles. The number of hydrogen-bond donors (Lipinski definition) is 0. The number of rotatable bonds is 5. The maximum absolute atomic E-state index is 2.89. The summed E-state index contributed by atoms with van der Waals surface area (Å²) < 4.78 is 0. The van der Waals surface area contributed by atoms with Crippen LogP contribution in [0.1, 0.15) is 43.7 Å². The first-order valence-corrected chi connectivity index (χ1v) is 6.71. The summed E-state index contributed by atoms with van der Waals surface area (Å²) in [5, 5.41) is 0. The van der Waals surface area contributed by atoms with E-state index in [0.29, 0.717) is 0 Å². The SMILES string of the molecule is Cc1ccc(C(CP)CCC(C)C)cc1. The lowest BCUT2D eigenvalue weighted by Crippen LogP contribution is -2.02. The monoisotopic (exact) mass is 222 g/mol. The lowest BCUT2D eigenvalue weighted by atomic mass is 9.92. The third kappa shape index (κ3) is 4.34. The highest BCUT2D eigenvalue weighted by Gasteiger charge is 2.09. The summed E-state index contributed by atoms with van der Waals surface area (Å²) in [6.45, 7) is 6.75. The topological polar surface area (TPSA) is 0 Å². The van der Waals surface area contributed by atoms with Crippen molar-refractivity contribution < 1.29 is 0 Å². The van der Waals surface area contributed by atoms with Crippen LogP contribution < -0.4 is 0 Å². The molecule has 2 unspecified atom stereocenters. The van der Waals surface area contributed by atoms with Crippen molar-refractivity contribution in [3.63, 3.8) is 0 Å². The van der Waals surface area contributed by atoms with Crippen LogP contribution in [0.3, 0.4) is 0 Å². The number of hydrogen-bond acceptors (Lipinski definition) is 0. The maximum atomic E-state index is 2.89. The standard InChI is InChI=1S/C14H23P/c1-11(2)4-7-14(10-15)13-8-5-12(3)6-9-13/h5-6,8-9,11,14H,4,7,10,15H2,1-3H3. The van der Waals surface area contributed by atoms with Gasteiger partial charge in [-0.2, -0.15) is 0 Å². The van der Waals surface area contributed by atoms with Crippen LogP contribution in [-0.4, -0.2) is 6.16 Å². The van der Waals surface area contributed by atoms with Crippen LogP contribution in [0.5, 0.6) is 0 Å². The molecule has 84 valence electrons. The van der Waals surface area contributed by atoms with Gasteiger partial charge < -0.3 is 0 Å². The third-order valence-corrected chi connectivity index (χ3v) is 3.49. The van der Waals surface area contributed by atoms with Gasteiger partial charge in [0.15, 0.2) is 0 Å². The average Bonchev–Trinajstić information content (AvgIpc) is 2.21. The van der Waals surface area contributed by atoms with Gasteiger partial charge in [-0.1, -0.05) is 50.1 Å². The largest absolute Gasteiger partial charge is 0.137 e. The lowest BCUT2D eigenvalue weighted by Gasteiger charge is -2.16. The molecule has 15 heavy (non-hydrogen) atoms. The van der Waals surface area contributed by atoms with E-state index in [1.807, 2.05) is 0 Å². The molecule has 0 fully saturated rings. The highest BCUT2D eigenvalue weighted by atomic mass is 31.0. The summed E-state index contributed by atoms with van der Waals surface area (Å²) >= 11 is 0. The van der Waals surface area contributed by atoms with Crippen molar-refractivity contribution >= 4 is 9.24 Å². The van der Waals surface area contributed by atoms with E-state index in [4.69, 9.17) is 0 Å². The molecule has 1 rings (SSSR count). The Morgan fingerprint density at radius 3 is 2.13 bits per heavy atom. The first-order valence-electron chi connectivity index (χ1n) is 5.90. The molecular weight excluding hydrogens is 199 g/mol. The zero-order valence-corrected chi connectivity index (χ0v) is 11.3. The first kappa shape index (κ1) is 12.7. The van der Waals surface area contributed by atoms with Gasteiger partial charge in [-0.3, -0.25) is 0 Å². The van der Waals surface area contributed by atoms with Gasteiger partial charge in [-0.15, -0.1) is 9.24 Å². The molecule has 1 heteroatoms. The molecular formula is C14H23P. The van der Waals surface area contributed by atoms with Crippen LogP contribution in [-0.2, 0) is 0 Å². The van der Waals surface area contributed by atoms with E-state index in [2.05, 4.69) is 54.3 Å². The van der Waals surface area contributed by atoms with E-state index >= 15 is 0 Å². The van der Waals surface area contributed by atoms with Gasteiger partial charge >= 0.3 is 0 Å². The Bertz CT molecular complexity index is 274. The van der Waals surface area contributed by atoms with Crippen LogP contribution in [0.4, 0.5) is 0 Å². The van der Waals surface area contributed by atoms with E-state index in [1.165, 1.54) is 30.1 Å². The fourth-order valence-corrected chi connectivity index (χ4v) is 2.30. The fraction of sp³-hybridized carbons (Fsp3) is 0.571. The number of benzene rings is 1. The van der Waals surface area contributed by atoms with Crippen LogP contribution in [0.25, 0.3) is 0 Å². The molecule has 0 saturated heterocycles. The quantitative estimate of drug-likeness (QED) is 0.648. The summed E-state index contributed by atoms with van der Waals surface area (Å²) in [6, 6.07) is 9.00. The molecule has 1 aromatic rings. The van der Waals surface area contributed by atoms with E-state index in [-0.39, 0.29) is 0 Å². The van der Waals surface area contributed by atoms with E-state index in [1.54, 1.807) is 0 Å². The molecule has 0 N–H and O–H groups in total. The zero-order valence-electron chi connectivity index (χ0n) is 10.2. The highest BCUT2D eigenvalue weighted by Crippen LogP contribution is 2.25. The predicted octanol–water partition coefficient (Wildman–Crippen LogP) is 4.39. The van der Waals surface area contributed by atoms with Crippen molar-refractivity contribution in [1.29, 1.82) is 0 Å². The Hall–Kier alpha value is -0.350. The second-order valence-electron chi connectivity index (χ2n) is 4.81. The zero-order chi connectivity index (χ0) is 11.3. The summed E-state index contributed by atoms with van der Waals surface area (Å²) in [4.78, 5) is 0. The average molecular weight is 222 g/mol. The normalized spacial score (nSPS) is 13.1. The first-order chi connectivity index (χ1) is 7.13. The third-order valence-electron chi connectivity index (χ3n) is 2.93. The van der Waals surface area contributed by atoms with E-state index < -0.39 is 0 Å². The van der Waals surface area contributed by atoms with Gasteiger partial charge in [0.1, 0.15) is 0 Å². The fourth-order valence-electron chi connectivity index (χ4n) is 1.79. The van der Waals surface area contributed by atoms with Crippen LogP contribution in [0.15, 0.2) is 24.3 Å². The van der Waals surface area contributed by atoms with Crippen molar-refractivity contribution in [2.45, 2.75) is 39.5 Å². The highest BCUT2D eigenvalue weighted by molar-refractivity contribution is 7.16. The number of aryl methyl sites for hydroxylation is 1. The molecule has 0 amide bonds. The van der Waals surface area contributed by atoms with E-state index in [0.717, 1.165) is 11.8 Å². The van der Waals surface area contributed by atoms with E-state index in [9.17, 15) is 0 Å². The summed E-state index contributed by atoms with van der Waals surface area (Å²) in [5.41, 5.74) is 2.85. The van der Waals surface area contributed by atoms with Gasteiger partial charge in [-0.05, 0) is 36.9 Å².